The van der Waals surface area contributed by atoms with Crippen LogP contribution in [0.15, 0.2) is 42.7 Å². The maximum absolute atomic E-state index is 13.0. The lowest BCUT2D eigenvalue weighted by atomic mass is 10.2. The zero-order valence-electron chi connectivity index (χ0n) is 17.1. The van der Waals surface area contributed by atoms with E-state index < -0.39 is 11.9 Å². The van der Waals surface area contributed by atoms with Crippen LogP contribution in [0.25, 0.3) is 0 Å². The molecule has 170 valence electrons. The second kappa shape index (κ2) is 9.50. The summed E-state index contributed by atoms with van der Waals surface area (Å²) in [6.07, 6.45) is 1.48. The molecule has 0 radical (unpaired) electrons. The highest BCUT2D eigenvalue weighted by atomic mass is 35.5. The minimum absolute atomic E-state index is 0.191. The van der Waals surface area contributed by atoms with Crippen molar-refractivity contribution in [3.63, 3.8) is 0 Å². The van der Waals surface area contributed by atoms with Crippen molar-refractivity contribution in [3.8, 4) is 0 Å². The van der Waals surface area contributed by atoms with Gasteiger partial charge in [-0.15, -0.1) is 0 Å². The molecule has 32 heavy (non-hydrogen) atoms. The highest BCUT2D eigenvalue weighted by Crippen LogP contribution is 2.42. The smallest absolute Gasteiger partial charge is 0.362 e. The Morgan fingerprint density at radius 1 is 1.25 bits per heavy atom. The van der Waals surface area contributed by atoms with Crippen LogP contribution in [-0.2, 0) is 19.3 Å². The highest BCUT2D eigenvalue weighted by Gasteiger charge is 2.37. The molecule has 1 aromatic carbocycles. The second-order valence-electron chi connectivity index (χ2n) is 7.70. The Hall–Kier alpha value is -2.59. The van der Waals surface area contributed by atoms with Gasteiger partial charge in [0, 0.05) is 35.9 Å². The van der Waals surface area contributed by atoms with E-state index in [0.717, 1.165) is 24.1 Å². The molecule has 0 atom stereocenters. The van der Waals surface area contributed by atoms with E-state index >= 15 is 0 Å². The fourth-order valence-electron chi connectivity index (χ4n) is 3.38. The first-order valence-electron chi connectivity index (χ1n) is 10.3. The quantitative estimate of drug-likeness (QED) is 0.347. The number of anilines is 1. The summed E-state index contributed by atoms with van der Waals surface area (Å²) in [4.78, 5) is 0. The number of rotatable bonds is 8. The Morgan fingerprint density at radius 2 is 2.03 bits per heavy atom. The van der Waals surface area contributed by atoms with Crippen molar-refractivity contribution >= 4 is 34.6 Å². The molecule has 2 heterocycles. The first-order chi connectivity index (χ1) is 15.3. The van der Waals surface area contributed by atoms with Gasteiger partial charge >= 0.3 is 6.18 Å². The third-order valence-electron chi connectivity index (χ3n) is 5.11. The molecule has 0 spiro atoms. The predicted octanol–water partition coefficient (Wildman–Crippen LogP) is 5.05. The van der Waals surface area contributed by atoms with Gasteiger partial charge in [0.2, 0.25) is 0 Å². The fourth-order valence-corrected chi connectivity index (χ4v) is 3.79. The van der Waals surface area contributed by atoms with Gasteiger partial charge in [-0.25, -0.2) is 0 Å². The van der Waals surface area contributed by atoms with Gasteiger partial charge in [-0.1, -0.05) is 29.8 Å². The SMILES string of the molecule is FC(F)(F)c1cc(C2CC2)n(CCCNC(=S)Nc2cnn(Cc3ccccc3Cl)c2)n1. The van der Waals surface area contributed by atoms with E-state index in [4.69, 9.17) is 23.8 Å². The molecule has 11 heteroatoms. The van der Waals surface area contributed by atoms with E-state index in [0.29, 0.717) is 41.9 Å². The van der Waals surface area contributed by atoms with Gasteiger partial charge in [-0.2, -0.15) is 23.4 Å². The lowest BCUT2D eigenvalue weighted by molar-refractivity contribution is -0.141. The van der Waals surface area contributed by atoms with Crippen molar-refractivity contribution in [1.82, 2.24) is 24.9 Å². The Kier molecular flexibility index (Phi) is 6.71. The summed E-state index contributed by atoms with van der Waals surface area (Å²) in [5.74, 6) is 0.191. The minimum Gasteiger partial charge on any atom is -0.362 e. The normalized spacial score (nSPS) is 13.9. The second-order valence-corrected chi connectivity index (χ2v) is 8.52. The zero-order valence-corrected chi connectivity index (χ0v) is 18.6. The van der Waals surface area contributed by atoms with Gasteiger partial charge in [-0.3, -0.25) is 9.36 Å². The average molecular weight is 483 g/mol. The number of nitrogens with zero attached hydrogens (tertiary/aromatic N) is 4. The van der Waals surface area contributed by atoms with Crippen LogP contribution in [0.3, 0.4) is 0 Å². The molecule has 2 aromatic heterocycles. The van der Waals surface area contributed by atoms with Crippen LogP contribution in [0.4, 0.5) is 18.9 Å². The summed E-state index contributed by atoms with van der Waals surface area (Å²) in [7, 11) is 0. The van der Waals surface area contributed by atoms with Crippen molar-refractivity contribution in [3.05, 3.63) is 64.7 Å². The van der Waals surface area contributed by atoms with E-state index in [1.165, 1.54) is 10.7 Å². The van der Waals surface area contributed by atoms with Crippen molar-refractivity contribution in [2.45, 2.75) is 44.4 Å². The lowest BCUT2D eigenvalue weighted by Crippen LogP contribution is -2.29. The predicted molar refractivity (Wildman–Crippen MR) is 121 cm³/mol. The van der Waals surface area contributed by atoms with Gasteiger partial charge in [0.15, 0.2) is 10.8 Å². The summed E-state index contributed by atoms with van der Waals surface area (Å²) in [5, 5.41) is 15.3. The fraction of sp³-hybridized carbons (Fsp3) is 0.381. The van der Waals surface area contributed by atoms with E-state index in [1.807, 2.05) is 30.5 Å². The van der Waals surface area contributed by atoms with Crippen molar-refractivity contribution in [2.24, 2.45) is 0 Å². The summed E-state index contributed by atoms with van der Waals surface area (Å²) in [6, 6.07) is 8.75. The third kappa shape index (κ3) is 5.80. The highest BCUT2D eigenvalue weighted by molar-refractivity contribution is 7.80. The number of nitrogens with one attached hydrogen (secondary N) is 2. The Labute approximate surface area is 193 Å². The zero-order chi connectivity index (χ0) is 22.7. The van der Waals surface area contributed by atoms with Crippen LogP contribution in [0.1, 0.15) is 42.1 Å². The van der Waals surface area contributed by atoms with Crippen molar-refractivity contribution < 1.29 is 13.2 Å². The molecular weight excluding hydrogens is 461 g/mol. The van der Waals surface area contributed by atoms with Crippen LogP contribution in [0.5, 0.6) is 0 Å². The van der Waals surface area contributed by atoms with E-state index in [9.17, 15) is 13.2 Å². The molecule has 0 aliphatic heterocycles. The number of halogens is 4. The largest absolute Gasteiger partial charge is 0.435 e. The van der Waals surface area contributed by atoms with E-state index in [-0.39, 0.29) is 5.92 Å². The minimum atomic E-state index is -4.42. The summed E-state index contributed by atoms with van der Waals surface area (Å²) >= 11 is 11.5. The first-order valence-corrected chi connectivity index (χ1v) is 11.0. The molecule has 6 nitrogen and oxygen atoms in total. The number of hydrogen-bond acceptors (Lipinski definition) is 3. The third-order valence-corrected chi connectivity index (χ3v) is 5.73. The Bertz CT molecular complexity index is 1090. The number of hydrogen-bond donors (Lipinski definition) is 2. The van der Waals surface area contributed by atoms with Crippen molar-refractivity contribution in [2.75, 3.05) is 11.9 Å². The summed E-state index contributed by atoms with van der Waals surface area (Å²) in [6.45, 7) is 1.44. The van der Waals surface area contributed by atoms with Crippen LogP contribution < -0.4 is 10.6 Å². The van der Waals surface area contributed by atoms with Gasteiger partial charge in [-0.05, 0) is 49.2 Å². The maximum atomic E-state index is 13.0. The molecule has 1 aliphatic rings. The monoisotopic (exact) mass is 482 g/mol. The molecule has 0 bridgehead atoms. The molecule has 1 aliphatic carbocycles. The molecule has 0 saturated heterocycles. The molecule has 1 fully saturated rings. The lowest BCUT2D eigenvalue weighted by Gasteiger charge is -2.10. The Morgan fingerprint density at radius 3 is 2.75 bits per heavy atom. The standard InChI is InChI=1S/C21H22ClF3N6S/c22-17-5-2-1-4-15(17)12-30-13-16(11-27-30)28-20(32)26-8-3-9-31-18(14-6-7-14)10-19(29-31)21(23,24)25/h1-2,4-5,10-11,13-14H,3,6-9,12H2,(H2,26,28,32). The van der Waals surface area contributed by atoms with Crippen LogP contribution >= 0.6 is 23.8 Å². The summed E-state index contributed by atoms with van der Waals surface area (Å²) < 4.78 is 42.2. The Balaban J connectivity index is 1.24. The topological polar surface area (TPSA) is 59.7 Å². The molecule has 3 aromatic rings. The number of thiocarbonyl (C=S) groups is 1. The van der Waals surface area contributed by atoms with Gasteiger partial charge in [0.25, 0.3) is 0 Å². The molecule has 1 saturated carbocycles. The molecule has 0 amide bonds. The molecule has 0 unspecified atom stereocenters. The average Bonchev–Trinajstić information content (AvgIpc) is 3.33. The van der Waals surface area contributed by atoms with Gasteiger partial charge < -0.3 is 10.6 Å². The number of aryl methyl sites for hydroxylation is 1. The summed E-state index contributed by atoms with van der Waals surface area (Å²) in [5.41, 5.74) is 1.54. The van der Waals surface area contributed by atoms with Crippen LogP contribution in [0, 0.1) is 0 Å². The van der Waals surface area contributed by atoms with E-state index in [2.05, 4.69) is 20.8 Å². The molecule has 2 N–H and O–H groups in total. The van der Waals surface area contributed by atoms with Crippen LogP contribution in [0.2, 0.25) is 5.02 Å². The number of aromatic nitrogens is 4. The number of alkyl halides is 3. The van der Waals surface area contributed by atoms with Gasteiger partial charge in [0.1, 0.15) is 0 Å². The van der Waals surface area contributed by atoms with Crippen molar-refractivity contribution in [1.29, 1.82) is 0 Å². The van der Waals surface area contributed by atoms with E-state index in [1.54, 1.807) is 10.9 Å². The van der Waals surface area contributed by atoms with Crippen LogP contribution in [-0.4, -0.2) is 31.2 Å². The number of benzene rings is 1. The first kappa shape index (κ1) is 22.6. The van der Waals surface area contributed by atoms with Gasteiger partial charge in [0.05, 0.1) is 18.4 Å². The molecular formula is C21H22ClF3N6S. The molecule has 4 rings (SSSR count). The maximum Gasteiger partial charge on any atom is 0.435 e.